The van der Waals surface area contributed by atoms with E-state index < -0.39 is 0 Å². The van der Waals surface area contributed by atoms with Crippen molar-refractivity contribution in [1.29, 1.82) is 5.26 Å². The van der Waals surface area contributed by atoms with Crippen LogP contribution in [0.1, 0.15) is 11.1 Å². The van der Waals surface area contributed by atoms with Crippen LogP contribution in [-0.4, -0.2) is 36.2 Å². The molecule has 1 aromatic carbocycles. The number of ether oxygens (including phenoxy) is 1. The first-order valence-corrected chi connectivity index (χ1v) is 5.59. The Bertz CT molecular complexity index is 416. The van der Waals surface area contributed by atoms with Gasteiger partial charge < -0.3 is 9.64 Å². The first kappa shape index (κ1) is 11.1. The van der Waals surface area contributed by atoms with Gasteiger partial charge >= 0.3 is 0 Å². The van der Waals surface area contributed by atoms with Gasteiger partial charge in [-0.1, -0.05) is 24.4 Å². The minimum Gasteiger partial charge on any atom is -0.378 e. The van der Waals surface area contributed by atoms with Crippen LogP contribution in [0.3, 0.4) is 0 Å². The summed E-state index contributed by atoms with van der Waals surface area (Å²) in [6, 6.07) is 9.48. The minimum atomic E-state index is 0.661. The molecule has 1 heterocycles. The van der Waals surface area contributed by atoms with Crippen molar-refractivity contribution < 1.29 is 4.74 Å². The second-order valence-corrected chi connectivity index (χ2v) is 3.98. The molecule has 0 aliphatic carbocycles. The lowest BCUT2D eigenvalue weighted by atomic mass is 10.1. The molecule has 1 fully saturated rings. The number of rotatable bonds is 1. The zero-order valence-electron chi connectivity index (χ0n) is 8.85. The predicted octanol–water partition coefficient (Wildman–Crippen LogP) is 1.57. The quantitative estimate of drug-likeness (QED) is 0.689. The van der Waals surface area contributed by atoms with Gasteiger partial charge in [0.05, 0.1) is 24.8 Å². The van der Waals surface area contributed by atoms with Crippen LogP contribution in [0.15, 0.2) is 24.3 Å². The fourth-order valence-corrected chi connectivity index (χ4v) is 1.96. The summed E-state index contributed by atoms with van der Waals surface area (Å²) in [6.07, 6.45) is 0. The molecule has 0 aromatic heterocycles. The largest absolute Gasteiger partial charge is 0.378 e. The average molecular weight is 232 g/mol. The molecular formula is C12H12N2OS. The maximum Gasteiger partial charge on any atom is 0.109 e. The van der Waals surface area contributed by atoms with Crippen LogP contribution in [-0.2, 0) is 4.74 Å². The molecule has 0 bridgehead atoms. The molecule has 1 aliphatic rings. The number of morpholine rings is 1. The fourth-order valence-electron chi connectivity index (χ4n) is 1.64. The van der Waals surface area contributed by atoms with Crippen LogP contribution >= 0.6 is 12.2 Å². The number of hydrogen-bond donors (Lipinski definition) is 0. The summed E-state index contributed by atoms with van der Waals surface area (Å²) in [5.41, 5.74) is 1.66. The molecule has 1 aliphatic heterocycles. The van der Waals surface area contributed by atoms with Gasteiger partial charge in [-0.15, -0.1) is 0 Å². The molecule has 16 heavy (non-hydrogen) atoms. The van der Waals surface area contributed by atoms with E-state index in [2.05, 4.69) is 11.0 Å². The SMILES string of the molecule is N#Cc1ccc(C(=S)N2CCOCC2)cc1. The van der Waals surface area contributed by atoms with Gasteiger partial charge in [0.25, 0.3) is 0 Å². The van der Waals surface area contributed by atoms with E-state index in [0.717, 1.165) is 36.9 Å². The molecule has 0 spiro atoms. The summed E-state index contributed by atoms with van der Waals surface area (Å²) in [6.45, 7) is 3.16. The number of nitriles is 1. The molecular weight excluding hydrogens is 220 g/mol. The topological polar surface area (TPSA) is 36.3 Å². The second kappa shape index (κ2) is 5.06. The normalized spacial score (nSPS) is 15.6. The van der Waals surface area contributed by atoms with Gasteiger partial charge in [-0.05, 0) is 12.1 Å². The van der Waals surface area contributed by atoms with Gasteiger partial charge in [0.15, 0.2) is 0 Å². The van der Waals surface area contributed by atoms with Crippen molar-refractivity contribution in [2.45, 2.75) is 0 Å². The van der Waals surface area contributed by atoms with Crippen LogP contribution in [0.5, 0.6) is 0 Å². The zero-order valence-corrected chi connectivity index (χ0v) is 9.67. The van der Waals surface area contributed by atoms with Crippen molar-refractivity contribution >= 4 is 17.2 Å². The molecule has 82 valence electrons. The number of nitrogens with zero attached hydrogens (tertiary/aromatic N) is 2. The van der Waals surface area contributed by atoms with Gasteiger partial charge in [-0.25, -0.2) is 0 Å². The van der Waals surface area contributed by atoms with E-state index in [1.165, 1.54) is 0 Å². The first-order chi connectivity index (χ1) is 7.81. The van der Waals surface area contributed by atoms with Crippen molar-refractivity contribution in [3.8, 4) is 6.07 Å². The summed E-state index contributed by atoms with van der Waals surface area (Å²) >= 11 is 5.41. The molecule has 0 saturated carbocycles. The first-order valence-electron chi connectivity index (χ1n) is 5.18. The third-order valence-corrected chi connectivity index (χ3v) is 3.05. The van der Waals surface area contributed by atoms with Crippen molar-refractivity contribution in [2.24, 2.45) is 0 Å². The van der Waals surface area contributed by atoms with E-state index >= 15 is 0 Å². The number of benzene rings is 1. The standard InChI is InChI=1S/C12H12N2OS/c13-9-10-1-3-11(4-2-10)12(16)14-5-7-15-8-6-14/h1-4H,5-8H2. The summed E-state index contributed by atoms with van der Waals surface area (Å²) in [4.78, 5) is 2.98. The summed E-state index contributed by atoms with van der Waals surface area (Å²) in [7, 11) is 0. The Morgan fingerprint density at radius 2 is 1.88 bits per heavy atom. The maximum absolute atomic E-state index is 8.71. The molecule has 0 atom stereocenters. The van der Waals surface area contributed by atoms with Crippen LogP contribution in [0.4, 0.5) is 0 Å². The van der Waals surface area contributed by atoms with E-state index in [9.17, 15) is 0 Å². The smallest absolute Gasteiger partial charge is 0.109 e. The van der Waals surface area contributed by atoms with Crippen molar-refractivity contribution in [2.75, 3.05) is 26.3 Å². The Kier molecular flexibility index (Phi) is 3.50. The Labute approximate surface area is 100 Å². The van der Waals surface area contributed by atoms with E-state index in [0.29, 0.717) is 5.56 Å². The highest BCUT2D eigenvalue weighted by Crippen LogP contribution is 2.10. The Balaban J connectivity index is 2.11. The van der Waals surface area contributed by atoms with Gasteiger partial charge in [-0.2, -0.15) is 5.26 Å². The highest BCUT2D eigenvalue weighted by molar-refractivity contribution is 7.80. The van der Waals surface area contributed by atoms with Crippen molar-refractivity contribution in [3.63, 3.8) is 0 Å². The zero-order chi connectivity index (χ0) is 11.4. The molecule has 1 aromatic rings. The van der Waals surface area contributed by atoms with Gasteiger partial charge in [0, 0.05) is 18.7 Å². The van der Waals surface area contributed by atoms with Crippen LogP contribution in [0.2, 0.25) is 0 Å². The van der Waals surface area contributed by atoms with E-state index in [1.54, 1.807) is 12.1 Å². The Morgan fingerprint density at radius 3 is 2.44 bits per heavy atom. The van der Waals surface area contributed by atoms with Gasteiger partial charge in [0.2, 0.25) is 0 Å². The lowest BCUT2D eigenvalue weighted by Gasteiger charge is -2.29. The monoisotopic (exact) mass is 232 g/mol. The third-order valence-electron chi connectivity index (χ3n) is 2.56. The van der Waals surface area contributed by atoms with Gasteiger partial charge in [-0.3, -0.25) is 0 Å². The van der Waals surface area contributed by atoms with Crippen LogP contribution < -0.4 is 0 Å². The lowest BCUT2D eigenvalue weighted by Crippen LogP contribution is -2.40. The highest BCUT2D eigenvalue weighted by Gasteiger charge is 2.14. The Hall–Kier alpha value is -1.44. The summed E-state index contributed by atoms with van der Waals surface area (Å²) < 4.78 is 5.28. The fraction of sp³-hybridized carbons (Fsp3) is 0.333. The number of thiocarbonyl (C=S) groups is 1. The molecule has 3 nitrogen and oxygen atoms in total. The lowest BCUT2D eigenvalue weighted by molar-refractivity contribution is 0.0693. The summed E-state index contributed by atoms with van der Waals surface area (Å²) in [5, 5.41) is 8.71. The van der Waals surface area contributed by atoms with Crippen molar-refractivity contribution in [3.05, 3.63) is 35.4 Å². The maximum atomic E-state index is 8.71. The molecule has 2 rings (SSSR count). The van der Waals surface area contributed by atoms with E-state index in [4.69, 9.17) is 22.2 Å². The van der Waals surface area contributed by atoms with E-state index in [1.807, 2.05) is 12.1 Å². The minimum absolute atomic E-state index is 0.661. The Morgan fingerprint density at radius 1 is 1.25 bits per heavy atom. The molecule has 4 heteroatoms. The van der Waals surface area contributed by atoms with Crippen LogP contribution in [0.25, 0.3) is 0 Å². The highest BCUT2D eigenvalue weighted by atomic mass is 32.1. The molecule has 0 amide bonds. The van der Waals surface area contributed by atoms with Crippen molar-refractivity contribution in [1.82, 2.24) is 4.90 Å². The second-order valence-electron chi connectivity index (χ2n) is 3.59. The molecule has 0 N–H and O–H groups in total. The summed E-state index contributed by atoms with van der Waals surface area (Å²) in [5.74, 6) is 0. The van der Waals surface area contributed by atoms with Gasteiger partial charge in [0.1, 0.15) is 4.99 Å². The molecule has 1 saturated heterocycles. The van der Waals surface area contributed by atoms with E-state index in [-0.39, 0.29) is 0 Å². The molecule has 0 unspecified atom stereocenters. The third kappa shape index (κ3) is 2.38. The average Bonchev–Trinajstić information content (AvgIpc) is 2.39. The number of hydrogen-bond acceptors (Lipinski definition) is 3. The van der Waals surface area contributed by atoms with Crippen LogP contribution in [0, 0.1) is 11.3 Å². The molecule has 0 radical (unpaired) electrons. The predicted molar refractivity (Wildman–Crippen MR) is 65.2 cm³/mol.